The molecule has 0 aliphatic heterocycles. The Morgan fingerprint density at radius 3 is 2.47 bits per heavy atom. The summed E-state index contributed by atoms with van der Waals surface area (Å²) >= 11 is 0. The smallest absolute Gasteiger partial charge is 0.224 e. The van der Waals surface area contributed by atoms with Crippen LogP contribution in [0.2, 0.25) is 0 Å². The molecule has 1 heterocycles. The lowest BCUT2D eigenvalue weighted by Gasteiger charge is -2.12. The highest BCUT2D eigenvalue weighted by molar-refractivity contribution is 5.92. The molecule has 3 N–H and O–H groups in total. The Hall–Kier alpha value is -3.94. The van der Waals surface area contributed by atoms with Crippen molar-refractivity contribution < 1.29 is 18.9 Å². The second-order valence-electron chi connectivity index (χ2n) is 6.79. The monoisotopic (exact) mass is 436 g/mol. The highest BCUT2D eigenvalue weighted by Crippen LogP contribution is 2.30. The van der Waals surface area contributed by atoms with Crippen LogP contribution in [-0.2, 0) is 6.54 Å². The van der Waals surface area contributed by atoms with Gasteiger partial charge in [0.25, 0.3) is 0 Å². The molecule has 0 saturated carbocycles. The molecule has 3 aromatic rings. The predicted octanol–water partition coefficient (Wildman–Crippen LogP) is 4.61. The molecule has 0 atom stereocenters. The van der Waals surface area contributed by atoms with Crippen molar-refractivity contribution in [1.82, 2.24) is 4.98 Å². The van der Waals surface area contributed by atoms with Gasteiger partial charge in [-0.3, -0.25) is 0 Å². The van der Waals surface area contributed by atoms with Crippen LogP contribution in [0, 0.1) is 0 Å². The van der Waals surface area contributed by atoms with Crippen LogP contribution in [0.3, 0.4) is 0 Å². The number of hydrogen-bond donors (Lipinski definition) is 2. The number of anilines is 1. The Morgan fingerprint density at radius 2 is 1.75 bits per heavy atom. The summed E-state index contributed by atoms with van der Waals surface area (Å²) < 4.78 is 22.1. The third kappa shape index (κ3) is 6.28. The van der Waals surface area contributed by atoms with Crippen LogP contribution in [-0.4, -0.2) is 31.8 Å². The van der Waals surface area contributed by atoms with Crippen LogP contribution in [0.25, 0.3) is 0 Å². The highest BCUT2D eigenvalue weighted by atomic mass is 16.5. The summed E-state index contributed by atoms with van der Waals surface area (Å²) in [7, 11) is 3.16. The first-order chi connectivity index (χ1) is 15.6. The van der Waals surface area contributed by atoms with Crippen LogP contribution < -0.4 is 30.0 Å². The molecule has 8 heteroatoms. The molecule has 0 saturated heterocycles. The van der Waals surface area contributed by atoms with Gasteiger partial charge in [0.1, 0.15) is 11.5 Å². The average Bonchev–Trinajstić information content (AvgIpc) is 2.83. The number of nitrogens with one attached hydrogen (secondary N) is 1. The van der Waals surface area contributed by atoms with Crippen LogP contribution in [0.5, 0.6) is 28.9 Å². The Morgan fingerprint density at radius 1 is 1.00 bits per heavy atom. The Balaban J connectivity index is 1.66. The van der Waals surface area contributed by atoms with Gasteiger partial charge in [0.15, 0.2) is 17.5 Å². The summed E-state index contributed by atoms with van der Waals surface area (Å²) in [5, 5.41) is 3.05. The number of pyridine rings is 1. The predicted molar refractivity (Wildman–Crippen MR) is 125 cm³/mol. The number of rotatable bonds is 10. The first kappa shape index (κ1) is 22.7. The second-order valence-corrected chi connectivity index (χ2v) is 6.79. The summed E-state index contributed by atoms with van der Waals surface area (Å²) in [6.07, 6.45) is 2.63. The number of benzene rings is 2. The zero-order chi connectivity index (χ0) is 22.8. The van der Waals surface area contributed by atoms with Crippen molar-refractivity contribution in [3.8, 4) is 28.9 Å². The fraction of sp³-hybridized carbons (Fsp3) is 0.250. The van der Waals surface area contributed by atoms with E-state index in [4.69, 9.17) is 24.7 Å². The van der Waals surface area contributed by atoms with E-state index >= 15 is 0 Å². The lowest BCUT2D eigenvalue weighted by atomic mass is 10.2. The van der Waals surface area contributed by atoms with Crippen molar-refractivity contribution in [1.29, 1.82) is 0 Å². The molecule has 3 rings (SSSR count). The van der Waals surface area contributed by atoms with Crippen molar-refractivity contribution >= 4 is 11.6 Å². The normalized spacial score (nSPS) is 11.0. The summed E-state index contributed by atoms with van der Waals surface area (Å²) in [5.74, 6) is 3.42. The maximum absolute atomic E-state index is 6.07. The number of aromatic nitrogens is 1. The molecular formula is C24H28N4O4. The van der Waals surface area contributed by atoms with E-state index in [1.807, 2.05) is 42.5 Å². The Labute approximate surface area is 188 Å². The number of aliphatic imine (C=N–C) groups is 1. The van der Waals surface area contributed by atoms with E-state index in [0.717, 1.165) is 23.4 Å². The minimum absolute atomic E-state index is 0.254. The molecule has 0 unspecified atom stereocenters. The molecule has 0 radical (unpaired) electrons. The van der Waals surface area contributed by atoms with E-state index in [1.54, 1.807) is 32.5 Å². The molecule has 2 aromatic carbocycles. The number of guanidine groups is 1. The number of ether oxygens (including phenoxy) is 4. The van der Waals surface area contributed by atoms with E-state index in [-0.39, 0.29) is 5.96 Å². The maximum Gasteiger partial charge on any atom is 0.224 e. The first-order valence-electron chi connectivity index (χ1n) is 10.3. The quantitative estimate of drug-likeness (QED) is 0.354. The number of nitrogens with two attached hydrogens (primary N) is 1. The molecule has 32 heavy (non-hydrogen) atoms. The minimum atomic E-state index is 0.254. The van der Waals surface area contributed by atoms with Crippen LogP contribution >= 0.6 is 0 Å². The average molecular weight is 437 g/mol. The largest absolute Gasteiger partial charge is 0.494 e. The lowest BCUT2D eigenvalue weighted by molar-refractivity contribution is 0.317. The standard InChI is InChI=1S/C24H28N4O4/c1-4-14-31-19-8-10-20(11-9-19)32-23-17(6-5-13-26-23)16-27-24(25)28-18-7-12-21(29-2)22(15-18)30-3/h5-13,15H,4,14,16H2,1-3H3,(H3,25,27,28). The fourth-order valence-corrected chi connectivity index (χ4v) is 2.84. The van der Waals surface area contributed by atoms with Gasteiger partial charge in [-0.2, -0.15) is 0 Å². The fourth-order valence-electron chi connectivity index (χ4n) is 2.84. The van der Waals surface area contributed by atoms with Crippen LogP contribution in [0.15, 0.2) is 65.8 Å². The summed E-state index contributed by atoms with van der Waals surface area (Å²) in [5.41, 5.74) is 7.60. The molecule has 0 bridgehead atoms. The molecule has 0 aliphatic carbocycles. The van der Waals surface area contributed by atoms with Gasteiger partial charge in [0.05, 0.1) is 27.4 Å². The van der Waals surface area contributed by atoms with Gasteiger partial charge in [-0.15, -0.1) is 0 Å². The first-order valence-corrected chi connectivity index (χ1v) is 10.3. The van der Waals surface area contributed by atoms with Gasteiger partial charge in [-0.25, -0.2) is 9.98 Å². The van der Waals surface area contributed by atoms with Crippen molar-refractivity contribution in [2.24, 2.45) is 10.7 Å². The molecule has 0 spiro atoms. The van der Waals surface area contributed by atoms with Crippen LogP contribution in [0.4, 0.5) is 5.69 Å². The maximum atomic E-state index is 6.07. The Bertz CT molecular complexity index is 1040. The number of hydrogen-bond acceptors (Lipinski definition) is 6. The molecular weight excluding hydrogens is 408 g/mol. The lowest BCUT2D eigenvalue weighted by Crippen LogP contribution is -2.22. The zero-order valence-electron chi connectivity index (χ0n) is 18.5. The molecule has 0 aliphatic rings. The molecule has 1 aromatic heterocycles. The SMILES string of the molecule is CCCOc1ccc(Oc2ncccc2CN=C(N)Nc2ccc(OC)c(OC)c2)cc1. The zero-order valence-corrected chi connectivity index (χ0v) is 18.5. The van der Waals surface area contributed by atoms with Gasteiger partial charge < -0.3 is 30.0 Å². The van der Waals surface area contributed by atoms with Crippen molar-refractivity contribution in [3.63, 3.8) is 0 Å². The molecule has 168 valence electrons. The third-order valence-corrected chi connectivity index (χ3v) is 4.44. The number of nitrogens with zero attached hydrogens (tertiary/aromatic N) is 2. The van der Waals surface area contributed by atoms with E-state index in [0.29, 0.717) is 36.3 Å². The van der Waals surface area contributed by atoms with Crippen LogP contribution in [0.1, 0.15) is 18.9 Å². The highest BCUT2D eigenvalue weighted by Gasteiger charge is 2.08. The third-order valence-electron chi connectivity index (χ3n) is 4.44. The molecule has 0 amide bonds. The van der Waals surface area contributed by atoms with E-state index < -0.39 is 0 Å². The van der Waals surface area contributed by atoms with E-state index in [2.05, 4.69) is 22.2 Å². The topological polar surface area (TPSA) is 100 Å². The Kier molecular flexibility index (Phi) is 8.14. The van der Waals surface area contributed by atoms with Crippen molar-refractivity contribution in [2.75, 3.05) is 26.1 Å². The summed E-state index contributed by atoms with van der Waals surface area (Å²) in [4.78, 5) is 8.74. The van der Waals surface area contributed by atoms with Gasteiger partial charge in [-0.1, -0.05) is 13.0 Å². The van der Waals surface area contributed by atoms with E-state index in [1.165, 1.54) is 0 Å². The molecule has 0 fully saturated rings. The molecule has 8 nitrogen and oxygen atoms in total. The second kappa shape index (κ2) is 11.5. The minimum Gasteiger partial charge on any atom is -0.494 e. The van der Waals surface area contributed by atoms with Gasteiger partial charge >= 0.3 is 0 Å². The van der Waals surface area contributed by atoms with Gasteiger partial charge in [-0.05, 0) is 48.9 Å². The number of methoxy groups -OCH3 is 2. The van der Waals surface area contributed by atoms with Gasteiger partial charge in [0, 0.05) is 23.5 Å². The summed E-state index contributed by atoms with van der Waals surface area (Å²) in [6.45, 7) is 3.05. The van der Waals surface area contributed by atoms with Crippen molar-refractivity contribution in [3.05, 3.63) is 66.4 Å². The van der Waals surface area contributed by atoms with Crippen molar-refractivity contribution in [2.45, 2.75) is 19.9 Å². The van der Waals surface area contributed by atoms with E-state index in [9.17, 15) is 0 Å². The summed E-state index contributed by atoms with van der Waals surface area (Å²) in [6, 6.07) is 16.6. The van der Waals surface area contributed by atoms with Gasteiger partial charge in [0.2, 0.25) is 5.88 Å².